The molecule has 1 amide bonds. The lowest BCUT2D eigenvalue weighted by Gasteiger charge is -2.11. The lowest BCUT2D eigenvalue weighted by molar-refractivity contribution is 0.102. The number of nitrogens with zero attached hydrogens (tertiary/aromatic N) is 3. The highest BCUT2D eigenvalue weighted by Crippen LogP contribution is 2.25. The molecule has 0 aliphatic rings. The van der Waals surface area contributed by atoms with Crippen molar-refractivity contribution in [1.82, 2.24) is 14.9 Å². The number of aromatic nitrogens is 2. The van der Waals surface area contributed by atoms with E-state index in [-0.39, 0.29) is 11.6 Å². The number of rotatable bonds is 6. The molecule has 0 unspecified atom stereocenters. The van der Waals surface area contributed by atoms with Crippen LogP contribution in [0.5, 0.6) is 0 Å². The standard InChI is InChI=1S/C15H17Cl2N5O/c1-22(2)6-5-18-14-9-19-13(8-20-14)15(23)21-12-4-3-10(16)7-11(12)17/h3-4,7-9H,5-6H2,1-2H3,(H,18,20)(H,21,23). The highest BCUT2D eigenvalue weighted by molar-refractivity contribution is 6.36. The van der Waals surface area contributed by atoms with Crippen LogP contribution < -0.4 is 10.6 Å². The zero-order chi connectivity index (χ0) is 16.8. The summed E-state index contributed by atoms with van der Waals surface area (Å²) in [7, 11) is 3.98. The summed E-state index contributed by atoms with van der Waals surface area (Å²) in [6, 6.07) is 4.84. The summed E-state index contributed by atoms with van der Waals surface area (Å²) >= 11 is 11.8. The summed E-state index contributed by atoms with van der Waals surface area (Å²) in [5, 5.41) is 6.66. The van der Waals surface area contributed by atoms with Crippen LogP contribution in [-0.2, 0) is 0 Å². The van der Waals surface area contributed by atoms with E-state index >= 15 is 0 Å². The average Bonchev–Trinajstić information content (AvgIpc) is 2.50. The lowest BCUT2D eigenvalue weighted by atomic mass is 10.3. The number of halogens is 2. The largest absolute Gasteiger partial charge is 0.368 e. The van der Waals surface area contributed by atoms with Gasteiger partial charge in [0, 0.05) is 18.1 Å². The van der Waals surface area contributed by atoms with Gasteiger partial charge in [0.25, 0.3) is 5.91 Å². The first-order valence-electron chi connectivity index (χ1n) is 6.93. The molecule has 6 nitrogen and oxygen atoms in total. The number of hydrogen-bond donors (Lipinski definition) is 2. The molecule has 0 aliphatic heterocycles. The minimum atomic E-state index is -0.387. The van der Waals surface area contributed by atoms with Gasteiger partial charge in [-0.2, -0.15) is 0 Å². The van der Waals surface area contributed by atoms with Gasteiger partial charge in [0.15, 0.2) is 0 Å². The SMILES string of the molecule is CN(C)CCNc1cnc(C(=O)Nc2ccc(Cl)cc2Cl)cn1. The Morgan fingerprint density at radius 3 is 2.61 bits per heavy atom. The first kappa shape index (κ1) is 17.5. The molecule has 0 atom stereocenters. The Hall–Kier alpha value is -1.89. The summed E-state index contributed by atoms with van der Waals surface area (Å²) in [6.07, 6.45) is 2.94. The fourth-order valence-corrected chi connectivity index (χ4v) is 2.18. The zero-order valence-corrected chi connectivity index (χ0v) is 14.3. The van der Waals surface area contributed by atoms with Crippen LogP contribution in [0, 0.1) is 0 Å². The summed E-state index contributed by atoms with van der Waals surface area (Å²) < 4.78 is 0. The van der Waals surface area contributed by atoms with Gasteiger partial charge in [0.1, 0.15) is 11.5 Å². The molecule has 122 valence electrons. The number of anilines is 2. The highest BCUT2D eigenvalue weighted by Gasteiger charge is 2.11. The fourth-order valence-electron chi connectivity index (χ4n) is 1.72. The molecule has 2 aromatic rings. The number of likely N-dealkylation sites (N-methyl/N-ethyl adjacent to an activating group) is 1. The Morgan fingerprint density at radius 2 is 2.00 bits per heavy atom. The van der Waals surface area contributed by atoms with Crippen LogP contribution in [0.4, 0.5) is 11.5 Å². The molecule has 1 aromatic heterocycles. The molecule has 0 spiro atoms. The predicted octanol–water partition coefficient (Wildman–Crippen LogP) is 3.01. The molecule has 0 saturated heterocycles. The maximum atomic E-state index is 12.1. The van der Waals surface area contributed by atoms with Gasteiger partial charge < -0.3 is 15.5 Å². The highest BCUT2D eigenvalue weighted by atomic mass is 35.5. The van der Waals surface area contributed by atoms with Crippen molar-refractivity contribution in [2.45, 2.75) is 0 Å². The molecule has 2 N–H and O–H groups in total. The molecule has 0 aliphatic carbocycles. The maximum Gasteiger partial charge on any atom is 0.275 e. The predicted molar refractivity (Wildman–Crippen MR) is 93.5 cm³/mol. The van der Waals surface area contributed by atoms with Crippen LogP contribution in [0.25, 0.3) is 0 Å². The molecule has 0 radical (unpaired) electrons. The second-order valence-electron chi connectivity index (χ2n) is 5.10. The number of carbonyl (C=O) groups is 1. The van der Waals surface area contributed by atoms with Gasteiger partial charge in [0.05, 0.1) is 23.1 Å². The maximum absolute atomic E-state index is 12.1. The van der Waals surface area contributed by atoms with E-state index < -0.39 is 0 Å². The minimum absolute atomic E-state index is 0.203. The van der Waals surface area contributed by atoms with E-state index in [1.165, 1.54) is 12.4 Å². The second-order valence-corrected chi connectivity index (χ2v) is 5.94. The fraction of sp³-hybridized carbons (Fsp3) is 0.267. The first-order valence-corrected chi connectivity index (χ1v) is 7.68. The van der Waals surface area contributed by atoms with Gasteiger partial charge in [-0.15, -0.1) is 0 Å². The monoisotopic (exact) mass is 353 g/mol. The number of benzene rings is 1. The van der Waals surface area contributed by atoms with Crippen molar-refractivity contribution in [3.8, 4) is 0 Å². The van der Waals surface area contributed by atoms with Crippen LogP contribution in [0.2, 0.25) is 10.0 Å². The molecule has 1 aromatic carbocycles. The van der Waals surface area contributed by atoms with E-state index in [1.807, 2.05) is 14.1 Å². The Bertz CT molecular complexity index is 676. The quantitative estimate of drug-likeness (QED) is 0.835. The Labute approximate surface area is 144 Å². The van der Waals surface area contributed by atoms with Crippen molar-refractivity contribution in [3.05, 3.63) is 46.3 Å². The van der Waals surface area contributed by atoms with Crippen molar-refractivity contribution >= 4 is 40.6 Å². The molecular formula is C15H17Cl2N5O. The van der Waals surface area contributed by atoms with Crippen molar-refractivity contribution in [1.29, 1.82) is 0 Å². The van der Waals surface area contributed by atoms with Gasteiger partial charge in [-0.3, -0.25) is 4.79 Å². The zero-order valence-electron chi connectivity index (χ0n) is 12.8. The first-order chi connectivity index (χ1) is 11.0. The third-order valence-corrected chi connectivity index (χ3v) is 3.48. The van der Waals surface area contributed by atoms with Crippen LogP contribution in [0.15, 0.2) is 30.6 Å². The van der Waals surface area contributed by atoms with Gasteiger partial charge in [0.2, 0.25) is 0 Å². The summed E-state index contributed by atoms with van der Waals surface area (Å²) in [4.78, 5) is 22.5. The molecule has 8 heteroatoms. The Balaban J connectivity index is 1.97. The third kappa shape index (κ3) is 5.35. The lowest BCUT2D eigenvalue weighted by Crippen LogP contribution is -2.21. The normalized spacial score (nSPS) is 10.7. The summed E-state index contributed by atoms with van der Waals surface area (Å²) in [5.41, 5.74) is 0.672. The Kier molecular flexibility index (Phi) is 6.15. The Morgan fingerprint density at radius 1 is 1.22 bits per heavy atom. The second kappa shape index (κ2) is 8.10. The minimum Gasteiger partial charge on any atom is -0.368 e. The number of amides is 1. The van der Waals surface area contributed by atoms with E-state index in [0.717, 1.165) is 13.1 Å². The molecule has 2 rings (SSSR count). The van der Waals surface area contributed by atoms with Gasteiger partial charge in [-0.05, 0) is 32.3 Å². The van der Waals surface area contributed by atoms with Crippen LogP contribution in [-0.4, -0.2) is 48.0 Å². The van der Waals surface area contributed by atoms with Crippen LogP contribution >= 0.6 is 23.2 Å². The van der Waals surface area contributed by atoms with Crippen molar-refractivity contribution in [3.63, 3.8) is 0 Å². The average molecular weight is 354 g/mol. The molecule has 0 fully saturated rings. The molecule has 0 saturated carbocycles. The third-order valence-electron chi connectivity index (χ3n) is 2.93. The van der Waals surface area contributed by atoms with E-state index in [9.17, 15) is 4.79 Å². The topological polar surface area (TPSA) is 70.2 Å². The molecule has 23 heavy (non-hydrogen) atoms. The van der Waals surface area contributed by atoms with E-state index in [0.29, 0.717) is 21.6 Å². The van der Waals surface area contributed by atoms with Crippen molar-refractivity contribution in [2.24, 2.45) is 0 Å². The van der Waals surface area contributed by atoms with Gasteiger partial charge >= 0.3 is 0 Å². The summed E-state index contributed by atoms with van der Waals surface area (Å²) in [5.74, 6) is 0.231. The van der Waals surface area contributed by atoms with E-state index in [2.05, 4.69) is 25.5 Å². The number of nitrogens with one attached hydrogen (secondary N) is 2. The molecule has 1 heterocycles. The number of carbonyl (C=O) groups excluding carboxylic acids is 1. The molecular weight excluding hydrogens is 337 g/mol. The van der Waals surface area contributed by atoms with E-state index in [4.69, 9.17) is 23.2 Å². The summed E-state index contributed by atoms with van der Waals surface area (Å²) in [6.45, 7) is 1.62. The van der Waals surface area contributed by atoms with Crippen molar-refractivity contribution < 1.29 is 4.79 Å². The van der Waals surface area contributed by atoms with Crippen LogP contribution in [0.1, 0.15) is 10.5 Å². The van der Waals surface area contributed by atoms with Gasteiger partial charge in [-0.25, -0.2) is 9.97 Å². The van der Waals surface area contributed by atoms with E-state index in [1.54, 1.807) is 18.2 Å². The van der Waals surface area contributed by atoms with Crippen molar-refractivity contribution in [2.75, 3.05) is 37.8 Å². The van der Waals surface area contributed by atoms with Gasteiger partial charge in [-0.1, -0.05) is 23.2 Å². The smallest absolute Gasteiger partial charge is 0.275 e. The van der Waals surface area contributed by atoms with Crippen LogP contribution in [0.3, 0.4) is 0 Å². The number of hydrogen-bond acceptors (Lipinski definition) is 5. The molecule has 0 bridgehead atoms.